The lowest BCUT2D eigenvalue weighted by Gasteiger charge is -2.05. The van der Waals surface area contributed by atoms with Crippen LogP contribution in [0.2, 0.25) is 0 Å². The van der Waals surface area contributed by atoms with Gasteiger partial charge < -0.3 is 0 Å². The van der Waals surface area contributed by atoms with Crippen molar-refractivity contribution < 1.29 is 8.78 Å². The maximum atomic E-state index is 14.2. The molecule has 1 aliphatic carbocycles. The van der Waals surface area contributed by atoms with Gasteiger partial charge in [-0.05, 0) is 49.6 Å². The summed E-state index contributed by atoms with van der Waals surface area (Å²) in [5, 5.41) is 0. The van der Waals surface area contributed by atoms with Gasteiger partial charge in [0.05, 0.1) is 5.57 Å². The zero-order chi connectivity index (χ0) is 18.5. The van der Waals surface area contributed by atoms with E-state index in [4.69, 9.17) is 0 Å². The number of halogens is 2. The van der Waals surface area contributed by atoms with Crippen molar-refractivity contribution in [1.82, 2.24) is 0 Å². The predicted molar refractivity (Wildman–Crippen MR) is 104 cm³/mol. The normalized spacial score (nSPS) is 19.4. The third-order valence-electron chi connectivity index (χ3n) is 4.30. The van der Waals surface area contributed by atoms with Crippen molar-refractivity contribution in [3.63, 3.8) is 0 Å². The molecular weight excluding hydrogens is 326 g/mol. The molecule has 0 unspecified atom stereocenters. The molecule has 2 heteroatoms. The Kier molecular flexibility index (Phi) is 5.49. The van der Waals surface area contributed by atoms with Crippen LogP contribution in [0.4, 0.5) is 8.78 Å². The van der Waals surface area contributed by atoms with Crippen LogP contribution in [0.25, 0.3) is 11.1 Å². The molecule has 2 aromatic carbocycles. The van der Waals surface area contributed by atoms with Crippen LogP contribution < -0.4 is 0 Å². The first-order valence-electron chi connectivity index (χ1n) is 8.65. The third kappa shape index (κ3) is 4.37. The Labute approximate surface area is 153 Å². The highest BCUT2D eigenvalue weighted by Gasteiger charge is 2.12. The second kappa shape index (κ2) is 7.97. The minimum absolute atomic E-state index is 0.139. The van der Waals surface area contributed by atoms with Gasteiger partial charge in [0.15, 0.2) is 0 Å². The summed E-state index contributed by atoms with van der Waals surface area (Å²) in [5.74, 6) is 4.45. The molecule has 0 heterocycles. The lowest BCUT2D eigenvalue weighted by molar-refractivity contribution is 0.565. The van der Waals surface area contributed by atoms with Gasteiger partial charge in [0.2, 0.25) is 0 Å². The SMILES string of the molecule is CC1=CCC/C(F)=C(C#Cc2ccc(-c3ccc(C)cc3)cc2)\C(F)=C/1. The molecule has 26 heavy (non-hydrogen) atoms. The molecular formula is C24H20F2. The Hall–Kier alpha value is -2.92. The van der Waals surface area contributed by atoms with E-state index in [-0.39, 0.29) is 12.0 Å². The van der Waals surface area contributed by atoms with E-state index in [0.29, 0.717) is 6.42 Å². The molecule has 0 saturated carbocycles. The number of hydrogen-bond donors (Lipinski definition) is 0. The van der Waals surface area contributed by atoms with Crippen LogP contribution in [0.15, 0.2) is 83.5 Å². The Morgan fingerprint density at radius 3 is 2.08 bits per heavy atom. The molecule has 0 bridgehead atoms. The van der Waals surface area contributed by atoms with Crippen molar-refractivity contribution in [2.45, 2.75) is 26.7 Å². The first-order valence-corrected chi connectivity index (χ1v) is 8.65. The molecule has 0 radical (unpaired) electrons. The Morgan fingerprint density at radius 1 is 0.808 bits per heavy atom. The minimum atomic E-state index is -0.611. The highest BCUT2D eigenvalue weighted by atomic mass is 19.1. The van der Waals surface area contributed by atoms with Crippen molar-refractivity contribution in [2.75, 3.05) is 0 Å². The van der Waals surface area contributed by atoms with Crippen LogP contribution in [-0.2, 0) is 0 Å². The van der Waals surface area contributed by atoms with E-state index in [9.17, 15) is 8.78 Å². The van der Waals surface area contributed by atoms with Crippen LogP contribution in [0.1, 0.15) is 30.9 Å². The number of rotatable bonds is 1. The standard InChI is InChI=1S/C24H20F2/c1-17-6-11-20(12-7-17)21-13-8-19(9-14-21)10-15-22-23(25)5-3-4-18(2)16-24(22)26/h4,6-9,11-14,16H,3,5H2,1-2H3/b18-4?,23-22+,24-16+. The van der Waals surface area contributed by atoms with Crippen molar-refractivity contribution in [2.24, 2.45) is 0 Å². The van der Waals surface area contributed by atoms with Gasteiger partial charge >= 0.3 is 0 Å². The molecule has 0 N–H and O–H groups in total. The summed E-state index contributed by atoms with van der Waals surface area (Å²) in [6.07, 6.45) is 3.89. The van der Waals surface area contributed by atoms with Crippen LogP contribution in [0.3, 0.4) is 0 Å². The molecule has 0 aliphatic heterocycles. The smallest absolute Gasteiger partial charge is 0.141 e. The van der Waals surface area contributed by atoms with Gasteiger partial charge in [0.25, 0.3) is 0 Å². The topological polar surface area (TPSA) is 0 Å². The van der Waals surface area contributed by atoms with Gasteiger partial charge in [0, 0.05) is 12.0 Å². The molecule has 0 fully saturated rings. The molecule has 0 atom stereocenters. The maximum absolute atomic E-state index is 14.2. The van der Waals surface area contributed by atoms with Crippen molar-refractivity contribution >= 4 is 0 Å². The fraction of sp³-hybridized carbons (Fsp3) is 0.167. The number of hydrogen-bond acceptors (Lipinski definition) is 0. The number of allylic oxidation sites excluding steroid dienone is 6. The molecule has 2 aromatic rings. The lowest BCUT2D eigenvalue weighted by atomic mass is 10.0. The molecule has 1 aliphatic rings. The minimum Gasteiger partial charge on any atom is -0.210 e. The van der Waals surface area contributed by atoms with Crippen LogP contribution >= 0.6 is 0 Å². The van der Waals surface area contributed by atoms with E-state index in [0.717, 1.165) is 22.3 Å². The molecule has 0 amide bonds. The Balaban J connectivity index is 1.85. The maximum Gasteiger partial charge on any atom is 0.141 e. The fourth-order valence-electron chi connectivity index (χ4n) is 2.77. The summed E-state index contributed by atoms with van der Waals surface area (Å²) < 4.78 is 28.4. The molecule has 0 aromatic heterocycles. The fourth-order valence-corrected chi connectivity index (χ4v) is 2.77. The number of benzene rings is 2. The Bertz CT molecular complexity index is 944. The summed E-state index contributed by atoms with van der Waals surface area (Å²) in [6.45, 7) is 3.86. The monoisotopic (exact) mass is 346 g/mol. The van der Waals surface area contributed by atoms with Gasteiger partial charge in [-0.15, -0.1) is 0 Å². The van der Waals surface area contributed by atoms with Crippen LogP contribution in [0.5, 0.6) is 0 Å². The second-order valence-electron chi connectivity index (χ2n) is 6.45. The summed E-state index contributed by atoms with van der Waals surface area (Å²) in [5.41, 5.74) is 4.80. The summed E-state index contributed by atoms with van der Waals surface area (Å²) in [4.78, 5) is 0. The zero-order valence-corrected chi connectivity index (χ0v) is 14.9. The Morgan fingerprint density at radius 2 is 1.42 bits per heavy atom. The van der Waals surface area contributed by atoms with Crippen LogP contribution in [-0.4, -0.2) is 0 Å². The quantitative estimate of drug-likeness (QED) is 0.496. The van der Waals surface area contributed by atoms with Gasteiger partial charge in [-0.3, -0.25) is 0 Å². The zero-order valence-electron chi connectivity index (χ0n) is 14.9. The van der Waals surface area contributed by atoms with E-state index in [2.05, 4.69) is 43.0 Å². The third-order valence-corrected chi connectivity index (χ3v) is 4.30. The second-order valence-corrected chi connectivity index (χ2v) is 6.45. The molecule has 0 spiro atoms. The summed E-state index contributed by atoms with van der Waals surface area (Å²) in [7, 11) is 0. The first kappa shape index (κ1) is 17.9. The molecule has 0 saturated heterocycles. The summed E-state index contributed by atoms with van der Waals surface area (Å²) >= 11 is 0. The highest BCUT2D eigenvalue weighted by Crippen LogP contribution is 2.25. The van der Waals surface area contributed by atoms with Gasteiger partial charge in [-0.25, -0.2) is 8.78 Å². The van der Waals surface area contributed by atoms with Gasteiger partial charge in [-0.2, -0.15) is 0 Å². The van der Waals surface area contributed by atoms with Gasteiger partial charge in [-0.1, -0.05) is 65.5 Å². The van der Waals surface area contributed by atoms with E-state index >= 15 is 0 Å². The van der Waals surface area contributed by atoms with E-state index in [1.165, 1.54) is 11.6 Å². The average molecular weight is 346 g/mol. The van der Waals surface area contributed by atoms with Crippen molar-refractivity contribution in [3.8, 4) is 23.0 Å². The van der Waals surface area contributed by atoms with E-state index in [1.807, 2.05) is 30.3 Å². The molecule has 3 rings (SSSR count). The predicted octanol–water partition coefficient (Wildman–Crippen LogP) is 6.83. The van der Waals surface area contributed by atoms with E-state index < -0.39 is 11.7 Å². The van der Waals surface area contributed by atoms with Crippen molar-refractivity contribution in [1.29, 1.82) is 0 Å². The molecule has 0 nitrogen and oxygen atoms in total. The van der Waals surface area contributed by atoms with Crippen LogP contribution in [0, 0.1) is 18.8 Å². The molecule has 130 valence electrons. The summed E-state index contributed by atoms with van der Waals surface area (Å²) in [6, 6.07) is 16.0. The number of aryl methyl sites for hydroxylation is 1. The lowest BCUT2D eigenvalue weighted by Crippen LogP contribution is -1.91. The van der Waals surface area contributed by atoms with E-state index in [1.54, 1.807) is 6.92 Å². The largest absolute Gasteiger partial charge is 0.210 e. The average Bonchev–Trinajstić information content (AvgIpc) is 2.62. The highest BCUT2D eigenvalue weighted by molar-refractivity contribution is 5.65. The van der Waals surface area contributed by atoms with Gasteiger partial charge in [0.1, 0.15) is 11.7 Å². The van der Waals surface area contributed by atoms with Crippen molar-refractivity contribution in [3.05, 3.63) is 94.6 Å². The first-order chi connectivity index (χ1) is 12.5.